The molecule has 0 aliphatic rings. The van der Waals surface area contributed by atoms with Crippen molar-refractivity contribution in [1.82, 2.24) is 39.6 Å². The average molecular weight is 508 g/mol. The standard InChI is InChI=1S/C27H22FN9O/c1-36(2)27(38)32-19-10-16(12-29-14-19)17-11-21-23(34-35-24(21)31-13-17)26-33-22-20(8-9-30-25(22)37(26)3)15-4-6-18(28)7-5-15/h4-14H,1-3H3,(H,32,38)(H,31,34,35). The molecule has 0 aliphatic heterocycles. The summed E-state index contributed by atoms with van der Waals surface area (Å²) in [5.74, 6) is 0.336. The second-order valence-electron chi connectivity index (χ2n) is 9.01. The van der Waals surface area contributed by atoms with Crippen molar-refractivity contribution in [2.75, 3.05) is 19.4 Å². The van der Waals surface area contributed by atoms with Gasteiger partial charge in [0.05, 0.1) is 17.3 Å². The second kappa shape index (κ2) is 9.04. The first-order chi connectivity index (χ1) is 18.4. The number of urea groups is 1. The Hall–Kier alpha value is -5.19. The van der Waals surface area contributed by atoms with Crippen molar-refractivity contribution >= 4 is 33.9 Å². The Morgan fingerprint density at radius 3 is 2.58 bits per heavy atom. The van der Waals surface area contributed by atoms with E-state index in [2.05, 4.69) is 30.5 Å². The highest BCUT2D eigenvalue weighted by atomic mass is 19.1. The number of aryl methyl sites for hydroxylation is 1. The lowest BCUT2D eigenvalue weighted by Crippen LogP contribution is -2.27. The van der Waals surface area contributed by atoms with E-state index in [1.165, 1.54) is 17.0 Å². The van der Waals surface area contributed by atoms with Gasteiger partial charge in [-0.2, -0.15) is 5.10 Å². The number of hydrogen-bond acceptors (Lipinski definition) is 6. The van der Waals surface area contributed by atoms with Gasteiger partial charge in [-0.05, 0) is 35.9 Å². The molecule has 0 bridgehead atoms. The summed E-state index contributed by atoms with van der Waals surface area (Å²) >= 11 is 0. The third-order valence-electron chi connectivity index (χ3n) is 6.28. The van der Waals surface area contributed by atoms with Crippen molar-refractivity contribution in [2.24, 2.45) is 7.05 Å². The van der Waals surface area contributed by atoms with Crippen LogP contribution in [0.1, 0.15) is 0 Å². The number of aromatic amines is 1. The summed E-state index contributed by atoms with van der Waals surface area (Å²) in [6.45, 7) is 0. The van der Waals surface area contributed by atoms with Crippen LogP contribution in [0, 0.1) is 5.82 Å². The molecule has 1 aromatic carbocycles. The van der Waals surface area contributed by atoms with Crippen LogP contribution in [-0.2, 0) is 7.05 Å². The molecule has 2 amide bonds. The van der Waals surface area contributed by atoms with Crippen molar-refractivity contribution in [1.29, 1.82) is 0 Å². The number of pyridine rings is 3. The number of hydrogen-bond donors (Lipinski definition) is 2. The van der Waals surface area contributed by atoms with Gasteiger partial charge in [0.15, 0.2) is 17.1 Å². The van der Waals surface area contributed by atoms with Crippen LogP contribution in [0.4, 0.5) is 14.9 Å². The number of anilines is 1. The van der Waals surface area contributed by atoms with Crippen molar-refractivity contribution in [3.63, 3.8) is 0 Å². The number of nitrogens with zero attached hydrogens (tertiary/aromatic N) is 7. The Bertz CT molecular complexity index is 1820. The summed E-state index contributed by atoms with van der Waals surface area (Å²) < 4.78 is 15.4. The molecule has 0 saturated carbocycles. The molecule has 6 rings (SSSR count). The second-order valence-corrected chi connectivity index (χ2v) is 9.01. The van der Waals surface area contributed by atoms with Gasteiger partial charge in [-0.15, -0.1) is 0 Å². The normalized spacial score (nSPS) is 11.3. The Labute approximate surface area is 216 Å². The van der Waals surface area contributed by atoms with Gasteiger partial charge in [-0.1, -0.05) is 12.1 Å². The molecule has 0 aliphatic carbocycles. The summed E-state index contributed by atoms with van der Waals surface area (Å²) in [7, 11) is 5.23. The van der Waals surface area contributed by atoms with E-state index in [-0.39, 0.29) is 11.8 Å². The van der Waals surface area contributed by atoms with Gasteiger partial charge in [-0.3, -0.25) is 10.1 Å². The summed E-state index contributed by atoms with van der Waals surface area (Å²) in [6.07, 6.45) is 6.73. The van der Waals surface area contributed by atoms with Gasteiger partial charge in [-0.25, -0.2) is 24.1 Å². The van der Waals surface area contributed by atoms with E-state index in [1.807, 2.05) is 29.8 Å². The third kappa shape index (κ3) is 3.99. The smallest absolute Gasteiger partial charge is 0.321 e. The first-order valence-corrected chi connectivity index (χ1v) is 11.7. The average Bonchev–Trinajstić information content (AvgIpc) is 3.49. The highest BCUT2D eigenvalue weighted by Gasteiger charge is 2.19. The van der Waals surface area contributed by atoms with Crippen LogP contribution in [0.5, 0.6) is 0 Å². The maximum atomic E-state index is 13.5. The maximum absolute atomic E-state index is 13.5. The first-order valence-electron chi connectivity index (χ1n) is 11.7. The molecular weight excluding hydrogens is 485 g/mol. The Balaban J connectivity index is 1.44. The number of H-pyrrole nitrogens is 1. The Morgan fingerprint density at radius 1 is 1.00 bits per heavy atom. The predicted octanol–water partition coefficient (Wildman–Crippen LogP) is 4.87. The molecule has 2 N–H and O–H groups in total. The maximum Gasteiger partial charge on any atom is 0.321 e. The van der Waals surface area contributed by atoms with Gasteiger partial charge < -0.3 is 14.8 Å². The number of rotatable bonds is 4. The first kappa shape index (κ1) is 23.2. The zero-order valence-electron chi connectivity index (χ0n) is 20.8. The highest BCUT2D eigenvalue weighted by Crippen LogP contribution is 2.33. The lowest BCUT2D eigenvalue weighted by atomic mass is 10.1. The number of carbonyl (C=O) groups is 1. The molecule has 6 aromatic rings. The molecule has 0 spiro atoms. The minimum Gasteiger partial charge on any atom is -0.331 e. The number of carbonyl (C=O) groups excluding carboxylic acids is 1. The van der Waals surface area contributed by atoms with E-state index in [9.17, 15) is 9.18 Å². The number of imidazole rings is 1. The molecule has 10 nitrogen and oxygen atoms in total. The molecule has 5 aromatic heterocycles. The fourth-order valence-corrected chi connectivity index (χ4v) is 4.30. The number of fused-ring (bicyclic) bond motifs is 2. The third-order valence-corrected chi connectivity index (χ3v) is 6.28. The minimum absolute atomic E-state index is 0.245. The Kier molecular flexibility index (Phi) is 5.52. The largest absolute Gasteiger partial charge is 0.331 e. The number of halogens is 1. The number of aromatic nitrogens is 7. The van der Waals surface area contributed by atoms with Crippen molar-refractivity contribution in [2.45, 2.75) is 0 Å². The zero-order valence-corrected chi connectivity index (χ0v) is 20.8. The molecule has 5 heterocycles. The molecular formula is C27H22FN9O. The van der Waals surface area contributed by atoms with Crippen LogP contribution in [-0.4, -0.2) is 59.7 Å². The SMILES string of the molecule is CN(C)C(=O)Nc1cncc(-c2cnc3n[nH]c(-c4nc5c(-c6ccc(F)cc6)ccnc5n4C)c3c2)c1. The van der Waals surface area contributed by atoms with Gasteiger partial charge in [0.1, 0.15) is 17.0 Å². The fraction of sp³-hybridized carbons (Fsp3) is 0.111. The fourth-order valence-electron chi connectivity index (χ4n) is 4.30. The van der Waals surface area contributed by atoms with E-state index >= 15 is 0 Å². The van der Waals surface area contributed by atoms with Crippen LogP contribution >= 0.6 is 0 Å². The quantitative estimate of drug-likeness (QED) is 0.352. The topological polar surface area (TPSA) is 118 Å². The molecule has 0 saturated heterocycles. The molecule has 0 atom stereocenters. The Morgan fingerprint density at radius 2 is 1.79 bits per heavy atom. The van der Waals surface area contributed by atoms with Crippen LogP contribution < -0.4 is 5.32 Å². The lowest BCUT2D eigenvalue weighted by Gasteiger charge is -2.12. The lowest BCUT2D eigenvalue weighted by molar-refractivity contribution is 0.230. The van der Waals surface area contributed by atoms with E-state index < -0.39 is 0 Å². The summed E-state index contributed by atoms with van der Waals surface area (Å²) in [6, 6.07) is 11.7. The van der Waals surface area contributed by atoms with Gasteiger partial charge in [0.2, 0.25) is 0 Å². The molecule has 38 heavy (non-hydrogen) atoms. The summed E-state index contributed by atoms with van der Waals surface area (Å²) in [5, 5.41) is 11.0. The van der Waals surface area contributed by atoms with E-state index in [4.69, 9.17) is 4.98 Å². The van der Waals surface area contributed by atoms with Gasteiger partial charge in [0, 0.05) is 56.4 Å². The van der Waals surface area contributed by atoms with E-state index in [1.54, 1.807) is 51.0 Å². The summed E-state index contributed by atoms with van der Waals surface area (Å²) in [5.41, 5.74) is 6.45. The van der Waals surface area contributed by atoms with E-state index in [0.717, 1.165) is 27.6 Å². The summed E-state index contributed by atoms with van der Waals surface area (Å²) in [4.78, 5) is 31.8. The van der Waals surface area contributed by atoms with Crippen molar-refractivity contribution in [3.8, 4) is 33.8 Å². The van der Waals surface area contributed by atoms with Gasteiger partial charge >= 0.3 is 6.03 Å². The van der Waals surface area contributed by atoms with Gasteiger partial charge in [0.25, 0.3) is 0 Å². The monoisotopic (exact) mass is 507 g/mol. The van der Waals surface area contributed by atoms with Crippen LogP contribution in [0.3, 0.4) is 0 Å². The van der Waals surface area contributed by atoms with Crippen molar-refractivity contribution in [3.05, 3.63) is 73.1 Å². The minimum atomic E-state index is -0.297. The van der Waals surface area contributed by atoms with E-state index in [0.29, 0.717) is 34.0 Å². The zero-order chi connectivity index (χ0) is 26.4. The van der Waals surface area contributed by atoms with Crippen molar-refractivity contribution < 1.29 is 9.18 Å². The number of benzene rings is 1. The molecule has 0 radical (unpaired) electrons. The van der Waals surface area contributed by atoms with Crippen LogP contribution in [0.25, 0.3) is 56.0 Å². The van der Waals surface area contributed by atoms with Crippen LogP contribution in [0.15, 0.2) is 67.3 Å². The molecule has 11 heteroatoms. The highest BCUT2D eigenvalue weighted by molar-refractivity contribution is 5.97. The molecule has 0 unspecified atom stereocenters. The predicted molar refractivity (Wildman–Crippen MR) is 143 cm³/mol. The molecule has 188 valence electrons. The number of amides is 2. The van der Waals surface area contributed by atoms with Crippen LogP contribution in [0.2, 0.25) is 0 Å². The molecule has 0 fully saturated rings. The number of nitrogens with one attached hydrogen (secondary N) is 2.